The van der Waals surface area contributed by atoms with E-state index in [-0.39, 0.29) is 17.9 Å². The highest BCUT2D eigenvalue weighted by molar-refractivity contribution is 7.13. The van der Waals surface area contributed by atoms with Gasteiger partial charge in [-0.1, -0.05) is 20.8 Å². The number of urea groups is 1. The van der Waals surface area contributed by atoms with Gasteiger partial charge in [-0.05, 0) is 61.3 Å². The summed E-state index contributed by atoms with van der Waals surface area (Å²) in [6.45, 7) is 6.19. The average molecular weight is 486 g/mol. The lowest BCUT2D eigenvalue weighted by molar-refractivity contribution is -0.149. The molecular formula is C25H31N3O5S. The van der Waals surface area contributed by atoms with Crippen LogP contribution in [0.1, 0.15) is 52.1 Å². The van der Waals surface area contributed by atoms with Crippen molar-refractivity contribution < 1.29 is 23.9 Å². The van der Waals surface area contributed by atoms with Gasteiger partial charge in [0, 0.05) is 10.9 Å². The zero-order valence-electron chi connectivity index (χ0n) is 20.1. The van der Waals surface area contributed by atoms with Crippen molar-refractivity contribution in [2.24, 2.45) is 11.3 Å². The number of thiazole rings is 1. The first kappa shape index (κ1) is 24.2. The molecule has 1 aromatic carbocycles. The number of hydrogen-bond donors (Lipinski definition) is 1. The molecule has 2 aliphatic rings. The van der Waals surface area contributed by atoms with Crippen molar-refractivity contribution in [3.63, 3.8) is 0 Å². The molecule has 2 heterocycles. The van der Waals surface area contributed by atoms with Crippen LogP contribution in [-0.2, 0) is 20.9 Å². The van der Waals surface area contributed by atoms with Crippen LogP contribution in [0.25, 0.3) is 10.6 Å². The maximum absolute atomic E-state index is 13.1. The van der Waals surface area contributed by atoms with E-state index in [1.54, 1.807) is 7.11 Å². The van der Waals surface area contributed by atoms with Gasteiger partial charge in [0.2, 0.25) is 0 Å². The second-order valence-electron chi connectivity index (χ2n) is 10.1. The molecule has 1 spiro atoms. The lowest BCUT2D eigenvalue weighted by Gasteiger charge is -2.40. The molecule has 8 nitrogen and oxygen atoms in total. The first-order chi connectivity index (χ1) is 16.1. The Morgan fingerprint density at radius 1 is 1.21 bits per heavy atom. The Morgan fingerprint density at radius 3 is 2.50 bits per heavy atom. The van der Waals surface area contributed by atoms with Crippen LogP contribution in [-0.4, -0.2) is 47.0 Å². The van der Waals surface area contributed by atoms with Gasteiger partial charge in [-0.3, -0.25) is 14.5 Å². The van der Waals surface area contributed by atoms with E-state index in [0.29, 0.717) is 24.5 Å². The van der Waals surface area contributed by atoms with Crippen molar-refractivity contribution in [3.8, 4) is 16.3 Å². The monoisotopic (exact) mass is 485 g/mol. The summed E-state index contributed by atoms with van der Waals surface area (Å²) in [4.78, 5) is 43.5. The van der Waals surface area contributed by atoms with Crippen LogP contribution in [0.4, 0.5) is 4.79 Å². The minimum atomic E-state index is -0.888. The number of aromatic nitrogens is 1. The van der Waals surface area contributed by atoms with Crippen LogP contribution in [0.5, 0.6) is 5.75 Å². The van der Waals surface area contributed by atoms with Gasteiger partial charge in [0.15, 0.2) is 0 Å². The number of hydrogen-bond acceptors (Lipinski definition) is 7. The third-order valence-electron chi connectivity index (χ3n) is 6.87. The lowest BCUT2D eigenvalue weighted by Crippen LogP contribution is -2.50. The molecule has 1 saturated heterocycles. The quantitative estimate of drug-likeness (QED) is 0.481. The highest BCUT2D eigenvalue weighted by Gasteiger charge is 2.53. The predicted molar refractivity (Wildman–Crippen MR) is 128 cm³/mol. The van der Waals surface area contributed by atoms with Crippen molar-refractivity contribution in [1.82, 2.24) is 15.2 Å². The fraction of sp³-hybridized carbons (Fsp3) is 0.520. The van der Waals surface area contributed by atoms with E-state index in [0.717, 1.165) is 34.1 Å². The summed E-state index contributed by atoms with van der Waals surface area (Å²) in [5.74, 6) is 0.307. The van der Waals surface area contributed by atoms with E-state index in [4.69, 9.17) is 9.47 Å². The summed E-state index contributed by atoms with van der Waals surface area (Å²) in [5.41, 5.74) is 0.827. The number of ether oxygens (including phenoxy) is 2. The van der Waals surface area contributed by atoms with Crippen LogP contribution >= 0.6 is 11.3 Å². The molecule has 1 saturated carbocycles. The fourth-order valence-corrected chi connectivity index (χ4v) is 5.51. The van der Waals surface area contributed by atoms with Gasteiger partial charge in [0.25, 0.3) is 5.91 Å². The molecule has 0 bridgehead atoms. The average Bonchev–Trinajstić information content (AvgIpc) is 3.37. The number of carbonyl (C=O) groups is 3. The van der Waals surface area contributed by atoms with E-state index in [1.807, 2.05) is 29.6 Å². The molecule has 2 fully saturated rings. The van der Waals surface area contributed by atoms with E-state index in [9.17, 15) is 14.4 Å². The maximum Gasteiger partial charge on any atom is 0.326 e. The van der Waals surface area contributed by atoms with Crippen molar-refractivity contribution in [2.45, 2.75) is 58.6 Å². The molecular weight excluding hydrogens is 454 g/mol. The minimum Gasteiger partial charge on any atom is -0.497 e. The molecule has 0 atom stereocenters. The molecule has 34 heavy (non-hydrogen) atoms. The highest BCUT2D eigenvalue weighted by atomic mass is 32.1. The molecule has 0 unspecified atom stereocenters. The molecule has 1 N–H and O–H groups in total. The zero-order chi connectivity index (χ0) is 24.5. The van der Waals surface area contributed by atoms with Gasteiger partial charge in [-0.2, -0.15) is 0 Å². The second kappa shape index (κ2) is 9.37. The summed E-state index contributed by atoms with van der Waals surface area (Å²) in [6, 6.07) is 7.02. The summed E-state index contributed by atoms with van der Waals surface area (Å²) in [5, 5.41) is 5.48. The molecule has 2 aromatic rings. The SMILES string of the molecule is COc1ccc(-c2nc(COC(=O)CN3C(=O)NC4(CCC(C(C)(C)C)CC4)C3=O)cs2)cc1. The van der Waals surface area contributed by atoms with Crippen LogP contribution < -0.4 is 10.1 Å². The van der Waals surface area contributed by atoms with E-state index in [1.165, 1.54) is 11.3 Å². The number of imide groups is 1. The number of nitrogens with one attached hydrogen (secondary N) is 1. The highest BCUT2D eigenvalue weighted by Crippen LogP contribution is 2.43. The van der Waals surface area contributed by atoms with E-state index in [2.05, 4.69) is 31.1 Å². The lowest BCUT2D eigenvalue weighted by atomic mass is 9.67. The minimum absolute atomic E-state index is 0.0203. The molecule has 1 aromatic heterocycles. The van der Waals surface area contributed by atoms with Gasteiger partial charge < -0.3 is 14.8 Å². The van der Waals surface area contributed by atoms with Crippen LogP contribution in [0.15, 0.2) is 29.6 Å². The summed E-state index contributed by atoms with van der Waals surface area (Å²) in [7, 11) is 1.61. The molecule has 9 heteroatoms. The molecule has 0 radical (unpaired) electrons. The van der Waals surface area contributed by atoms with E-state index >= 15 is 0 Å². The molecule has 1 aliphatic carbocycles. The first-order valence-corrected chi connectivity index (χ1v) is 12.4. The normalized spacial score (nSPS) is 22.7. The third-order valence-corrected chi connectivity index (χ3v) is 7.81. The van der Waals surface area contributed by atoms with Gasteiger partial charge in [-0.25, -0.2) is 9.78 Å². The summed E-state index contributed by atoms with van der Waals surface area (Å²) >= 11 is 1.45. The number of rotatable bonds is 6. The Hall–Kier alpha value is -2.94. The number of esters is 1. The van der Waals surface area contributed by atoms with Gasteiger partial charge in [-0.15, -0.1) is 11.3 Å². The number of amides is 3. The molecule has 4 rings (SSSR count). The standard InChI is InChI=1S/C25H31N3O5S/c1-24(2,3)17-9-11-25(12-10-17)22(30)28(23(31)27-25)13-20(29)33-14-18-15-34-21(26-18)16-5-7-19(32-4)8-6-16/h5-8,15,17H,9-14H2,1-4H3,(H,27,31). The topological polar surface area (TPSA) is 97.8 Å². The van der Waals surface area contributed by atoms with Crippen molar-refractivity contribution in [1.29, 1.82) is 0 Å². The fourth-order valence-electron chi connectivity index (χ4n) is 4.70. The smallest absolute Gasteiger partial charge is 0.326 e. The Morgan fingerprint density at radius 2 is 1.88 bits per heavy atom. The molecule has 1 aliphatic heterocycles. The second-order valence-corrected chi connectivity index (χ2v) is 10.9. The summed E-state index contributed by atoms with van der Waals surface area (Å²) < 4.78 is 10.5. The Labute approximate surface area is 203 Å². The number of benzene rings is 1. The largest absolute Gasteiger partial charge is 0.497 e. The number of methoxy groups -OCH3 is 1. The predicted octanol–water partition coefficient (Wildman–Crippen LogP) is 4.39. The Balaban J connectivity index is 1.31. The number of nitrogens with zero attached hydrogens (tertiary/aromatic N) is 2. The Bertz CT molecular complexity index is 1060. The summed E-state index contributed by atoms with van der Waals surface area (Å²) in [6.07, 6.45) is 2.93. The van der Waals surface area contributed by atoms with Gasteiger partial charge in [0.05, 0.1) is 12.8 Å². The van der Waals surface area contributed by atoms with Gasteiger partial charge in [0.1, 0.15) is 29.4 Å². The van der Waals surface area contributed by atoms with Crippen molar-refractivity contribution in [3.05, 3.63) is 35.3 Å². The van der Waals surface area contributed by atoms with Crippen molar-refractivity contribution >= 4 is 29.2 Å². The first-order valence-electron chi connectivity index (χ1n) is 11.5. The number of carbonyl (C=O) groups excluding carboxylic acids is 3. The molecule has 3 amide bonds. The van der Waals surface area contributed by atoms with Crippen LogP contribution in [0, 0.1) is 11.3 Å². The van der Waals surface area contributed by atoms with Crippen LogP contribution in [0.3, 0.4) is 0 Å². The van der Waals surface area contributed by atoms with Crippen molar-refractivity contribution in [2.75, 3.05) is 13.7 Å². The van der Waals surface area contributed by atoms with Gasteiger partial charge >= 0.3 is 12.0 Å². The third kappa shape index (κ3) is 4.94. The maximum atomic E-state index is 13.1. The zero-order valence-corrected chi connectivity index (χ0v) is 20.9. The molecule has 182 valence electrons. The van der Waals surface area contributed by atoms with Crippen LogP contribution in [0.2, 0.25) is 0 Å². The van der Waals surface area contributed by atoms with E-state index < -0.39 is 24.1 Å². The Kier molecular flexibility index (Phi) is 6.66.